The molecule has 0 fully saturated rings. The van der Waals surface area contributed by atoms with Gasteiger partial charge in [0.05, 0.1) is 39.6 Å². The van der Waals surface area contributed by atoms with Crippen molar-refractivity contribution in [1.29, 1.82) is 0 Å². The van der Waals surface area contributed by atoms with Gasteiger partial charge in [0.2, 0.25) is 0 Å². The summed E-state index contributed by atoms with van der Waals surface area (Å²) in [6.45, 7) is 1.53. The number of aliphatic hydroxyl groups excluding tert-OH is 1. The maximum absolute atomic E-state index is 11.6. The molecule has 0 atom stereocenters. The zero-order chi connectivity index (χ0) is 15.0. The largest absolute Gasteiger partial charge is 0.394 e. The lowest BCUT2D eigenvalue weighted by Gasteiger charge is -2.14. The van der Waals surface area contributed by atoms with Crippen LogP contribution in [0.5, 0.6) is 0 Å². The summed E-state index contributed by atoms with van der Waals surface area (Å²) < 4.78 is 15.8. The van der Waals surface area contributed by atoms with Gasteiger partial charge in [-0.2, -0.15) is 0 Å². The molecule has 114 valence electrons. The number of halogens is 2. The van der Waals surface area contributed by atoms with E-state index in [0.717, 1.165) is 4.90 Å². The molecule has 1 N–H and O–H groups in total. The molecule has 0 aromatic rings. The first-order valence-electron chi connectivity index (χ1n) is 5.85. The van der Waals surface area contributed by atoms with E-state index in [0.29, 0.717) is 19.8 Å². The van der Waals surface area contributed by atoms with Gasteiger partial charge in [0.15, 0.2) is 0 Å². The van der Waals surface area contributed by atoms with E-state index in [9.17, 15) is 9.59 Å². The Hall–Kier alpha value is -0.320. The number of hydrogen-bond acceptors (Lipinski definition) is 6. The second-order valence-electron chi connectivity index (χ2n) is 3.65. The lowest BCUT2D eigenvalue weighted by Crippen LogP contribution is -2.33. The molecule has 0 aliphatic carbocycles. The number of aliphatic hydroxyl groups is 1. The standard InChI is InChI=1S/C11H15Br2NO6/c12-8-9(13)11(17)14(10(8)16)7-20-6-5-19-4-3-18-2-1-15/h15H,1-7H2. The van der Waals surface area contributed by atoms with Crippen LogP contribution < -0.4 is 0 Å². The van der Waals surface area contributed by atoms with Crippen LogP contribution in [0.15, 0.2) is 8.96 Å². The number of carbonyl (C=O) groups excluding carboxylic acids is 2. The Kier molecular flexibility index (Phi) is 8.50. The molecular weight excluding hydrogens is 402 g/mol. The Morgan fingerprint density at radius 2 is 1.30 bits per heavy atom. The average Bonchev–Trinajstić information content (AvgIpc) is 2.62. The van der Waals surface area contributed by atoms with E-state index in [2.05, 4.69) is 31.9 Å². The van der Waals surface area contributed by atoms with Crippen LogP contribution in [0.3, 0.4) is 0 Å². The van der Waals surface area contributed by atoms with Crippen LogP contribution in [-0.4, -0.2) is 68.2 Å². The summed E-state index contributed by atoms with van der Waals surface area (Å²) in [6, 6.07) is 0. The number of amides is 2. The summed E-state index contributed by atoms with van der Waals surface area (Å²) in [5.41, 5.74) is 0. The Morgan fingerprint density at radius 1 is 0.850 bits per heavy atom. The highest BCUT2D eigenvalue weighted by Gasteiger charge is 2.35. The van der Waals surface area contributed by atoms with Gasteiger partial charge in [-0.15, -0.1) is 0 Å². The van der Waals surface area contributed by atoms with Gasteiger partial charge in [-0.1, -0.05) is 0 Å². The van der Waals surface area contributed by atoms with Crippen LogP contribution in [-0.2, 0) is 23.8 Å². The van der Waals surface area contributed by atoms with E-state index in [4.69, 9.17) is 19.3 Å². The summed E-state index contributed by atoms with van der Waals surface area (Å²) in [5.74, 6) is -0.861. The molecule has 2 amide bonds. The van der Waals surface area contributed by atoms with Gasteiger partial charge in [0.1, 0.15) is 15.7 Å². The molecular formula is C11H15Br2NO6. The minimum atomic E-state index is -0.430. The topological polar surface area (TPSA) is 85.3 Å². The van der Waals surface area contributed by atoms with Gasteiger partial charge in [-0.25, -0.2) is 4.90 Å². The molecule has 0 unspecified atom stereocenters. The molecule has 0 radical (unpaired) electrons. The predicted molar refractivity (Wildman–Crippen MR) is 76.3 cm³/mol. The van der Waals surface area contributed by atoms with Gasteiger partial charge in [0.25, 0.3) is 11.8 Å². The van der Waals surface area contributed by atoms with Crippen LogP contribution >= 0.6 is 31.9 Å². The second-order valence-corrected chi connectivity index (χ2v) is 5.24. The third kappa shape index (κ3) is 5.23. The SMILES string of the molecule is O=C1C(Br)=C(Br)C(=O)N1COCCOCCOCCO. The highest BCUT2D eigenvalue weighted by molar-refractivity contribution is 9.14. The van der Waals surface area contributed by atoms with Crippen molar-refractivity contribution in [2.45, 2.75) is 0 Å². The number of rotatable bonds is 10. The van der Waals surface area contributed by atoms with Gasteiger partial charge in [0, 0.05) is 0 Å². The van der Waals surface area contributed by atoms with Crippen LogP contribution in [0.1, 0.15) is 0 Å². The smallest absolute Gasteiger partial charge is 0.271 e. The molecule has 0 spiro atoms. The molecule has 1 rings (SSSR count). The van der Waals surface area contributed by atoms with E-state index in [1.807, 2.05) is 0 Å². The number of hydrogen-bond donors (Lipinski definition) is 1. The minimum absolute atomic E-state index is 0.0137. The van der Waals surface area contributed by atoms with Crippen molar-refractivity contribution in [1.82, 2.24) is 4.90 Å². The maximum Gasteiger partial charge on any atom is 0.271 e. The number of imide groups is 1. The molecule has 0 saturated heterocycles. The molecule has 1 aliphatic rings. The van der Waals surface area contributed by atoms with Crippen molar-refractivity contribution in [2.75, 3.05) is 46.4 Å². The third-order valence-corrected chi connectivity index (χ3v) is 4.26. The molecule has 0 aromatic carbocycles. The zero-order valence-corrected chi connectivity index (χ0v) is 13.8. The zero-order valence-electron chi connectivity index (χ0n) is 10.6. The molecule has 9 heteroatoms. The van der Waals surface area contributed by atoms with E-state index >= 15 is 0 Å². The lowest BCUT2D eigenvalue weighted by atomic mass is 10.6. The summed E-state index contributed by atoms with van der Waals surface area (Å²) in [7, 11) is 0. The van der Waals surface area contributed by atoms with Crippen molar-refractivity contribution in [3.05, 3.63) is 8.96 Å². The summed E-state index contributed by atoms with van der Waals surface area (Å²) >= 11 is 6.04. The van der Waals surface area contributed by atoms with Gasteiger partial charge < -0.3 is 19.3 Å². The molecule has 0 bridgehead atoms. The van der Waals surface area contributed by atoms with Crippen LogP contribution in [0, 0.1) is 0 Å². The fourth-order valence-electron chi connectivity index (χ4n) is 1.29. The molecule has 0 saturated carbocycles. The summed E-state index contributed by atoms with van der Waals surface area (Å²) in [5, 5.41) is 8.47. The van der Waals surface area contributed by atoms with Gasteiger partial charge >= 0.3 is 0 Å². The molecule has 0 aromatic heterocycles. The number of ether oxygens (including phenoxy) is 3. The summed E-state index contributed by atoms with van der Waals surface area (Å²) in [4.78, 5) is 24.2. The van der Waals surface area contributed by atoms with Crippen LogP contribution in [0.4, 0.5) is 0 Å². The van der Waals surface area contributed by atoms with Crippen molar-refractivity contribution in [2.24, 2.45) is 0 Å². The third-order valence-electron chi connectivity index (χ3n) is 2.26. The number of nitrogens with zero attached hydrogens (tertiary/aromatic N) is 1. The molecule has 20 heavy (non-hydrogen) atoms. The highest BCUT2D eigenvalue weighted by atomic mass is 79.9. The van der Waals surface area contributed by atoms with Crippen molar-refractivity contribution < 1.29 is 28.9 Å². The first-order valence-corrected chi connectivity index (χ1v) is 7.43. The van der Waals surface area contributed by atoms with Crippen LogP contribution in [0.2, 0.25) is 0 Å². The molecule has 1 aliphatic heterocycles. The highest BCUT2D eigenvalue weighted by Crippen LogP contribution is 2.29. The fraction of sp³-hybridized carbons (Fsp3) is 0.636. The Bertz CT molecular complexity index is 363. The normalized spacial score (nSPS) is 15.7. The van der Waals surface area contributed by atoms with Crippen LogP contribution in [0.25, 0.3) is 0 Å². The molecule has 7 nitrogen and oxygen atoms in total. The average molecular weight is 417 g/mol. The fourth-order valence-corrected chi connectivity index (χ4v) is 2.06. The quantitative estimate of drug-likeness (QED) is 0.408. The van der Waals surface area contributed by atoms with E-state index in [1.54, 1.807) is 0 Å². The first-order chi connectivity index (χ1) is 9.59. The van der Waals surface area contributed by atoms with E-state index in [-0.39, 0.29) is 35.5 Å². The molecule has 1 heterocycles. The maximum atomic E-state index is 11.6. The second kappa shape index (κ2) is 9.59. The summed E-state index contributed by atoms with van der Waals surface area (Å²) in [6.07, 6.45) is 0. The lowest BCUT2D eigenvalue weighted by molar-refractivity contribution is -0.143. The Morgan fingerprint density at radius 3 is 1.80 bits per heavy atom. The predicted octanol–water partition coefficient (Wildman–Crippen LogP) is 0.356. The first kappa shape index (κ1) is 17.7. The Balaban J connectivity index is 2.06. The van der Waals surface area contributed by atoms with Gasteiger partial charge in [-0.3, -0.25) is 9.59 Å². The van der Waals surface area contributed by atoms with E-state index < -0.39 is 11.8 Å². The minimum Gasteiger partial charge on any atom is -0.394 e. The van der Waals surface area contributed by atoms with Crippen molar-refractivity contribution in [3.8, 4) is 0 Å². The Labute approximate surface area is 133 Å². The number of carbonyl (C=O) groups is 2. The van der Waals surface area contributed by atoms with Gasteiger partial charge in [-0.05, 0) is 31.9 Å². The van der Waals surface area contributed by atoms with Crippen molar-refractivity contribution >= 4 is 43.7 Å². The van der Waals surface area contributed by atoms with Crippen molar-refractivity contribution in [3.63, 3.8) is 0 Å². The van der Waals surface area contributed by atoms with E-state index in [1.165, 1.54) is 0 Å². The monoisotopic (exact) mass is 415 g/mol.